The second-order valence-corrected chi connectivity index (χ2v) is 10.3. The van der Waals surface area contributed by atoms with Crippen molar-refractivity contribution in [3.8, 4) is 0 Å². The van der Waals surface area contributed by atoms with Gasteiger partial charge < -0.3 is 5.73 Å². The average molecular weight is 440 g/mol. The van der Waals surface area contributed by atoms with E-state index in [-0.39, 0.29) is 20.7 Å². The molecule has 15 heteroatoms. The lowest BCUT2D eigenvalue weighted by atomic mass is 10.1. The van der Waals surface area contributed by atoms with E-state index in [0.717, 1.165) is 12.1 Å². The summed E-state index contributed by atoms with van der Waals surface area (Å²) < 4.78 is 97.3. The minimum Gasteiger partial charge on any atom is -0.375 e. The summed E-state index contributed by atoms with van der Waals surface area (Å²) >= 11 is 0.651. The third-order valence-electron chi connectivity index (χ3n) is 3.37. The Bertz CT molecular complexity index is 1400. The van der Waals surface area contributed by atoms with E-state index in [1.54, 1.807) is 0 Å². The van der Waals surface area contributed by atoms with E-state index in [9.17, 15) is 38.9 Å². The molecule has 140 valence electrons. The molecule has 0 aliphatic carbocycles. The molecule has 0 radical (unpaired) electrons. The number of hydrogen-bond donors (Lipinski definition) is 4. The highest BCUT2D eigenvalue weighted by molar-refractivity contribution is 7.87. The predicted octanol–water partition coefficient (Wildman–Crippen LogP) is 0.772. The Hall–Kier alpha value is -1.88. The summed E-state index contributed by atoms with van der Waals surface area (Å²) in [6.45, 7) is 0. The van der Waals surface area contributed by atoms with Crippen molar-refractivity contribution in [3.05, 3.63) is 18.2 Å². The Balaban J connectivity index is 2.72. The van der Waals surface area contributed by atoms with Gasteiger partial charge in [-0.25, -0.2) is 4.98 Å². The zero-order valence-corrected chi connectivity index (χ0v) is 15.4. The molecule has 0 saturated carbocycles. The van der Waals surface area contributed by atoms with Crippen molar-refractivity contribution in [3.63, 3.8) is 0 Å². The van der Waals surface area contributed by atoms with E-state index in [2.05, 4.69) is 4.98 Å². The van der Waals surface area contributed by atoms with Gasteiger partial charge in [0.15, 0.2) is 5.13 Å². The normalized spacial score (nSPS) is 13.5. The number of thiazole rings is 1. The highest BCUT2D eigenvalue weighted by atomic mass is 32.2. The molecule has 3 aromatic rings. The van der Waals surface area contributed by atoms with E-state index >= 15 is 0 Å². The minimum absolute atomic E-state index is 0.150. The summed E-state index contributed by atoms with van der Waals surface area (Å²) in [6.07, 6.45) is 0. The highest BCUT2D eigenvalue weighted by Crippen LogP contribution is 2.39. The molecular weight excluding hydrogens is 432 g/mol. The third kappa shape index (κ3) is 3.13. The van der Waals surface area contributed by atoms with Gasteiger partial charge in [0, 0.05) is 10.8 Å². The fraction of sp³-hybridized carbons (Fsp3) is 0. The van der Waals surface area contributed by atoms with Crippen molar-refractivity contribution in [2.75, 3.05) is 5.73 Å². The van der Waals surface area contributed by atoms with Crippen molar-refractivity contribution in [2.45, 2.75) is 14.7 Å². The standard InChI is InChI=1S/C11H8N2O9S4/c12-11-13-9-6-1-4(24(14,15)16)2-7(25(17,18)19)5(6)3-8(10(9)23-11)26(20,21)22/h1-3H,(H2,12,13)(H,14,15,16)(H,17,18,19)(H,20,21,22). The van der Waals surface area contributed by atoms with Gasteiger partial charge in [-0.3, -0.25) is 13.7 Å². The summed E-state index contributed by atoms with van der Waals surface area (Å²) in [6, 6.07) is 2.03. The van der Waals surface area contributed by atoms with Gasteiger partial charge in [-0.15, -0.1) is 0 Å². The molecule has 0 atom stereocenters. The molecule has 0 aliphatic rings. The second kappa shape index (κ2) is 5.56. The lowest BCUT2D eigenvalue weighted by molar-refractivity contribution is 0.479. The first-order valence-corrected chi connectivity index (χ1v) is 11.4. The Kier molecular flexibility index (Phi) is 4.04. The van der Waals surface area contributed by atoms with Crippen molar-refractivity contribution in [2.24, 2.45) is 0 Å². The van der Waals surface area contributed by atoms with Crippen molar-refractivity contribution < 1.29 is 38.9 Å². The monoisotopic (exact) mass is 440 g/mol. The number of benzene rings is 2. The lowest BCUT2D eigenvalue weighted by Gasteiger charge is -2.09. The molecule has 26 heavy (non-hydrogen) atoms. The SMILES string of the molecule is Nc1nc2c(s1)c(S(=O)(=O)O)cc1c(S(=O)(=O)O)cc(S(=O)(=O)O)cc12. The number of nitrogens with two attached hydrogens (primary N) is 1. The third-order valence-corrected chi connectivity index (χ3v) is 7.02. The Labute approximate surface area is 150 Å². The van der Waals surface area contributed by atoms with E-state index in [4.69, 9.17) is 5.73 Å². The summed E-state index contributed by atoms with van der Waals surface area (Å²) in [5, 5.41) is -0.809. The maximum absolute atomic E-state index is 11.7. The van der Waals surface area contributed by atoms with Crippen LogP contribution in [0.2, 0.25) is 0 Å². The van der Waals surface area contributed by atoms with Gasteiger partial charge in [0.05, 0.1) is 15.1 Å². The quantitative estimate of drug-likeness (QED) is 0.419. The van der Waals surface area contributed by atoms with Crippen LogP contribution >= 0.6 is 11.3 Å². The van der Waals surface area contributed by atoms with Crippen LogP contribution in [0.3, 0.4) is 0 Å². The first-order chi connectivity index (χ1) is 11.7. The van der Waals surface area contributed by atoms with E-state index in [1.807, 2.05) is 0 Å². The van der Waals surface area contributed by atoms with Gasteiger partial charge in [0.25, 0.3) is 30.4 Å². The summed E-state index contributed by atoms with van der Waals surface area (Å²) in [7, 11) is -14.8. The van der Waals surface area contributed by atoms with Crippen LogP contribution in [0.15, 0.2) is 32.9 Å². The van der Waals surface area contributed by atoms with Gasteiger partial charge >= 0.3 is 0 Å². The first kappa shape index (κ1) is 18.9. The molecule has 0 fully saturated rings. The molecule has 0 spiro atoms. The number of anilines is 1. The van der Waals surface area contributed by atoms with Gasteiger partial charge in [-0.1, -0.05) is 11.3 Å². The molecule has 0 saturated heterocycles. The van der Waals surface area contributed by atoms with Crippen LogP contribution in [0.5, 0.6) is 0 Å². The van der Waals surface area contributed by atoms with E-state index in [1.165, 1.54) is 0 Å². The fourth-order valence-electron chi connectivity index (χ4n) is 2.38. The number of nitrogen functional groups attached to an aromatic ring is 1. The molecule has 0 amide bonds. The molecule has 1 heterocycles. The highest BCUT2D eigenvalue weighted by Gasteiger charge is 2.26. The van der Waals surface area contributed by atoms with Crippen LogP contribution < -0.4 is 5.73 Å². The maximum Gasteiger partial charge on any atom is 0.296 e. The summed E-state index contributed by atoms with van der Waals surface area (Å²) in [5.41, 5.74) is 5.31. The number of nitrogens with zero attached hydrogens (tertiary/aromatic N) is 1. The van der Waals surface area contributed by atoms with Crippen LogP contribution in [0.4, 0.5) is 5.13 Å². The molecule has 5 N–H and O–H groups in total. The molecule has 1 aromatic heterocycles. The zero-order valence-electron chi connectivity index (χ0n) is 12.2. The van der Waals surface area contributed by atoms with Gasteiger partial charge in [-0.05, 0) is 18.2 Å². The lowest BCUT2D eigenvalue weighted by Crippen LogP contribution is -2.06. The number of hydrogen-bond acceptors (Lipinski definition) is 9. The smallest absolute Gasteiger partial charge is 0.296 e. The van der Waals surface area contributed by atoms with Crippen molar-refractivity contribution >= 4 is 67.8 Å². The van der Waals surface area contributed by atoms with Gasteiger partial charge in [0.2, 0.25) is 0 Å². The predicted molar refractivity (Wildman–Crippen MR) is 91.0 cm³/mol. The summed E-state index contributed by atoms with van der Waals surface area (Å²) in [4.78, 5) is 1.24. The van der Waals surface area contributed by atoms with Crippen LogP contribution in [0, 0.1) is 0 Å². The number of rotatable bonds is 3. The van der Waals surface area contributed by atoms with Crippen LogP contribution in [-0.2, 0) is 30.4 Å². The first-order valence-electron chi connectivity index (χ1n) is 6.29. The molecule has 11 nitrogen and oxygen atoms in total. The molecule has 0 aliphatic heterocycles. The van der Waals surface area contributed by atoms with Crippen LogP contribution in [-0.4, -0.2) is 43.9 Å². The Morgan fingerprint density at radius 3 is 1.88 bits per heavy atom. The van der Waals surface area contributed by atoms with Crippen LogP contribution in [0.25, 0.3) is 21.0 Å². The zero-order chi connectivity index (χ0) is 19.7. The minimum atomic E-state index is -5.04. The average Bonchev–Trinajstić information content (AvgIpc) is 2.83. The molecule has 3 rings (SSSR count). The second-order valence-electron chi connectivity index (χ2n) is 5.05. The Morgan fingerprint density at radius 1 is 0.808 bits per heavy atom. The maximum atomic E-state index is 11.7. The van der Waals surface area contributed by atoms with E-state index in [0.29, 0.717) is 17.4 Å². The fourth-order valence-corrected chi connectivity index (χ4v) is 5.51. The van der Waals surface area contributed by atoms with Crippen molar-refractivity contribution in [1.29, 1.82) is 0 Å². The number of aromatic nitrogens is 1. The number of fused-ring (bicyclic) bond motifs is 3. The van der Waals surface area contributed by atoms with Crippen molar-refractivity contribution in [1.82, 2.24) is 4.98 Å². The Morgan fingerprint density at radius 2 is 1.38 bits per heavy atom. The molecular formula is C11H8N2O9S4. The molecule has 2 aromatic carbocycles. The molecule has 0 unspecified atom stereocenters. The largest absolute Gasteiger partial charge is 0.375 e. The van der Waals surface area contributed by atoms with E-state index < -0.39 is 50.4 Å². The van der Waals surface area contributed by atoms with Gasteiger partial charge in [-0.2, -0.15) is 25.3 Å². The van der Waals surface area contributed by atoms with Crippen LogP contribution in [0.1, 0.15) is 0 Å². The topological polar surface area (TPSA) is 202 Å². The summed E-state index contributed by atoms with van der Waals surface area (Å²) in [5.74, 6) is 0. The van der Waals surface area contributed by atoms with Gasteiger partial charge in [0.1, 0.15) is 9.79 Å². The molecule has 0 bridgehead atoms.